The van der Waals surface area contributed by atoms with Gasteiger partial charge in [-0.2, -0.15) is 0 Å². The van der Waals surface area contributed by atoms with E-state index in [4.69, 9.17) is 0 Å². The first-order valence-electron chi connectivity index (χ1n) is 6.67. The molecular formula is C13H17N3O4. The van der Waals surface area contributed by atoms with Crippen LogP contribution in [0.15, 0.2) is 18.3 Å². The largest absolute Gasteiger partial charge is 0.481 e. The van der Waals surface area contributed by atoms with Gasteiger partial charge in [-0.25, -0.2) is 0 Å². The standard InChI is InChI=1S/C13H17N3O4/c17-13(18)10-4-2-1-3-5-11(10)15-9-6-7-12(14-8-9)16(19)20/h6-8,10-11,15H,1-5H2,(H,17,18). The van der Waals surface area contributed by atoms with Crippen molar-refractivity contribution in [2.24, 2.45) is 5.92 Å². The zero-order valence-electron chi connectivity index (χ0n) is 11.0. The van der Waals surface area contributed by atoms with E-state index in [0.29, 0.717) is 12.1 Å². The lowest BCUT2D eigenvalue weighted by molar-refractivity contribution is -0.389. The van der Waals surface area contributed by atoms with E-state index < -0.39 is 16.8 Å². The van der Waals surface area contributed by atoms with E-state index in [-0.39, 0.29) is 11.9 Å². The molecule has 0 aliphatic heterocycles. The Bertz CT molecular complexity index is 489. The van der Waals surface area contributed by atoms with Gasteiger partial charge in [-0.15, -0.1) is 0 Å². The first kappa shape index (κ1) is 14.2. The average molecular weight is 279 g/mol. The minimum absolute atomic E-state index is 0.154. The van der Waals surface area contributed by atoms with Gasteiger partial charge >= 0.3 is 11.8 Å². The molecule has 0 bridgehead atoms. The van der Waals surface area contributed by atoms with Crippen molar-refractivity contribution >= 4 is 17.5 Å². The number of carboxylic acids is 1. The minimum Gasteiger partial charge on any atom is -0.481 e. The molecule has 1 aromatic heterocycles. The number of carbonyl (C=O) groups is 1. The summed E-state index contributed by atoms with van der Waals surface area (Å²) < 4.78 is 0. The van der Waals surface area contributed by atoms with E-state index in [1.54, 1.807) is 6.07 Å². The van der Waals surface area contributed by atoms with Gasteiger partial charge in [0.15, 0.2) is 6.20 Å². The molecule has 0 spiro atoms. The van der Waals surface area contributed by atoms with Crippen molar-refractivity contribution in [1.82, 2.24) is 4.98 Å². The molecule has 1 aliphatic carbocycles. The number of anilines is 1. The molecule has 1 aromatic rings. The van der Waals surface area contributed by atoms with Crippen molar-refractivity contribution in [3.05, 3.63) is 28.4 Å². The van der Waals surface area contributed by atoms with Crippen LogP contribution in [-0.2, 0) is 4.79 Å². The fourth-order valence-electron chi connectivity index (χ4n) is 2.57. The topological polar surface area (TPSA) is 105 Å². The molecular weight excluding hydrogens is 262 g/mol. The maximum Gasteiger partial charge on any atom is 0.363 e. The second-order valence-electron chi connectivity index (χ2n) is 5.00. The van der Waals surface area contributed by atoms with E-state index in [0.717, 1.165) is 25.7 Å². The Kier molecular flexibility index (Phi) is 4.49. The van der Waals surface area contributed by atoms with Crippen molar-refractivity contribution in [2.75, 3.05) is 5.32 Å². The Morgan fingerprint density at radius 2 is 2.10 bits per heavy atom. The summed E-state index contributed by atoms with van der Waals surface area (Å²) in [7, 11) is 0. The van der Waals surface area contributed by atoms with E-state index in [9.17, 15) is 20.0 Å². The molecule has 20 heavy (non-hydrogen) atoms. The van der Waals surface area contributed by atoms with Crippen LogP contribution in [0.4, 0.5) is 11.5 Å². The highest BCUT2D eigenvalue weighted by molar-refractivity contribution is 5.71. The lowest BCUT2D eigenvalue weighted by atomic mass is 9.95. The predicted octanol–water partition coefficient (Wildman–Crippen LogP) is 2.44. The van der Waals surface area contributed by atoms with E-state index in [1.807, 2.05) is 0 Å². The van der Waals surface area contributed by atoms with Crippen LogP contribution in [0.5, 0.6) is 0 Å². The molecule has 0 radical (unpaired) electrons. The van der Waals surface area contributed by atoms with Crippen molar-refractivity contribution < 1.29 is 14.8 Å². The number of aromatic nitrogens is 1. The predicted molar refractivity (Wildman–Crippen MR) is 72.5 cm³/mol. The van der Waals surface area contributed by atoms with Crippen LogP contribution in [-0.4, -0.2) is 27.0 Å². The smallest absolute Gasteiger partial charge is 0.363 e. The maximum absolute atomic E-state index is 11.3. The average Bonchev–Trinajstić information content (AvgIpc) is 2.65. The molecule has 1 saturated carbocycles. The van der Waals surface area contributed by atoms with Gasteiger partial charge < -0.3 is 20.5 Å². The summed E-state index contributed by atoms with van der Waals surface area (Å²) in [6.45, 7) is 0. The first-order valence-corrected chi connectivity index (χ1v) is 6.67. The number of nitro groups is 1. The molecule has 0 amide bonds. The third kappa shape index (κ3) is 3.43. The normalized spacial score (nSPS) is 22.8. The summed E-state index contributed by atoms with van der Waals surface area (Å²) >= 11 is 0. The number of hydrogen-bond acceptors (Lipinski definition) is 5. The number of hydrogen-bond donors (Lipinski definition) is 2. The fourth-order valence-corrected chi connectivity index (χ4v) is 2.57. The molecule has 108 valence electrons. The number of pyridine rings is 1. The van der Waals surface area contributed by atoms with Gasteiger partial charge in [0.05, 0.1) is 11.6 Å². The Labute approximate surface area is 116 Å². The summed E-state index contributed by atoms with van der Waals surface area (Å²) in [6, 6.07) is 2.72. The molecule has 7 nitrogen and oxygen atoms in total. The summed E-state index contributed by atoms with van der Waals surface area (Å²) in [6.07, 6.45) is 5.78. The quantitative estimate of drug-likeness (QED) is 0.498. The van der Waals surface area contributed by atoms with Gasteiger partial charge in [0.25, 0.3) is 0 Å². The van der Waals surface area contributed by atoms with Crippen molar-refractivity contribution in [3.8, 4) is 0 Å². The monoisotopic (exact) mass is 279 g/mol. The summed E-state index contributed by atoms with van der Waals surface area (Å²) in [4.78, 5) is 25.0. The van der Waals surface area contributed by atoms with Crippen LogP contribution in [0, 0.1) is 16.0 Å². The third-order valence-electron chi connectivity index (χ3n) is 3.62. The summed E-state index contributed by atoms with van der Waals surface area (Å²) in [5.74, 6) is -1.43. The Morgan fingerprint density at radius 1 is 1.35 bits per heavy atom. The Hall–Kier alpha value is -2.18. The van der Waals surface area contributed by atoms with E-state index in [2.05, 4.69) is 10.3 Å². The molecule has 2 atom stereocenters. The van der Waals surface area contributed by atoms with Gasteiger partial charge in [-0.05, 0) is 28.8 Å². The molecule has 1 aliphatic rings. The molecule has 1 heterocycles. The third-order valence-corrected chi connectivity index (χ3v) is 3.62. The van der Waals surface area contributed by atoms with Crippen LogP contribution in [0.1, 0.15) is 32.1 Å². The van der Waals surface area contributed by atoms with Gasteiger partial charge in [-0.1, -0.05) is 19.3 Å². The maximum atomic E-state index is 11.3. The number of rotatable bonds is 4. The highest BCUT2D eigenvalue weighted by Gasteiger charge is 2.29. The van der Waals surface area contributed by atoms with E-state index >= 15 is 0 Å². The number of aliphatic carboxylic acids is 1. The van der Waals surface area contributed by atoms with E-state index in [1.165, 1.54) is 12.3 Å². The van der Waals surface area contributed by atoms with Gasteiger partial charge in [0, 0.05) is 12.1 Å². The van der Waals surface area contributed by atoms with Gasteiger partial charge in [-0.3, -0.25) is 4.79 Å². The Morgan fingerprint density at radius 3 is 2.70 bits per heavy atom. The van der Waals surface area contributed by atoms with Crippen molar-refractivity contribution in [2.45, 2.75) is 38.1 Å². The molecule has 2 N–H and O–H groups in total. The number of nitrogens with one attached hydrogen (secondary N) is 1. The zero-order valence-corrected chi connectivity index (χ0v) is 11.0. The van der Waals surface area contributed by atoms with Crippen molar-refractivity contribution in [1.29, 1.82) is 0 Å². The summed E-state index contributed by atoms with van der Waals surface area (Å²) in [5, 5.41) is 23.0. The molecule has 0 saturated heterocycles. The van der Waals surface area contributed by atoms with Crippen LogP contribution in [0.3, 0.4) is 0 Å². The highest BCUT2D eigenvalue weighted by atomic mass is 16.6. The molecule has 1 fully saturated rings. The SMILES string of the molecule is O=C(O)C1CCCCCC1Nc1ccc([N+](=O)[O-])nc1. The Balaban J connectivity index is 2.09. The first-order chi connectivity index (χ1) is 9.58. The van der Waals surface area contributed by atoms with Crippen LogP contribution < -0.4 is 5.32 Å². The lowest BCUT2D eigenvalue weighted by Crippen LogP contribution is -2.33. The fraction of sp³-hybridized carbons (Fsp3) is 0.538. The van der Waals surface area contributed by atoms with Gasteiger partial charge in [0.1, 0.15) is 0 Å². The molecule has 7 heteroatoms. The number of carboxylic acid groups (broad SMARTS) is 1. The van der Waals surface area contributed by atoms with Crippen LogP contribution >= 0.6 is 0 Å². The minimum atomic E-state index is -0.792. The lowest BCUT2D eigenvalue weighted by Gasteiger charge is -2.23. The molecule has 0 aromatic carbocycles. The van der Waals surface area contributed by atoms with Crippen LogP contribution in [0.2, 0.25) is 0 Å². The second-order valence-corrected chi connectivity index (χ2v) is 5.00. The van der Waals surface area contributed by atoms with Gasteiger partial charge in [0.2, 0.25) is 0 Å². The van der Waals surface area contributed by atoms with Crippen LogP contribution in [0.25, 0.3) is 0 Å². The molecule has 2 rings (SSSR count). The highest BCUT2D eigenvalue weighted by Crippen LogP contribution is 2.26. The zero-order chi connectivity index (χ0) is 14.5. The molecule has 2 unspecified atom stereocenters. The summed E-state index contributed by atoms with van der Waals surface area (Å²) in [5.41, 5.74) is 0.619. The second kappa shape index (κ2) is 6.31. The van der Waals surface area contributed by atoms with Crippen molar-refractivity contribution in [3.63, 3.8) is 0 Å². The number of nitrogens with zero attached hydrogens (tertiary/aromatic N) is 2.